The lowest BCUT2D eigenvalue weighted by molar-refractivity contribution is -0.137. The lowest BCUT2D eigenvalue weighted by Gasteiger charge is -2.35. The summed E-state index contributed by atoms with van der Waals surface area (Å²) >= 11 is 0. The molecule has 1 aromatic carbocycles. The standard InChI is InChI=1S/C22H33N3O5/c1-3-22(11-4-5-13-25(2)16-22)17-8-6-9-18(14-17)30-21(29)23-12-7-10-19(26)24-15-20(27)28/h6,8-9,14H,3-5,7,10-13,15-16H2,1-2H3,(H,23,29)(H,24,26)(H,27,28). The second kappa shape index (κ2) is 11.5. The van der Waals surface area contributed by atoms with E-state index < -0.39 is 18.6 Å². The molecule has 0 saturated carbocycles. The molecule has 1 heterocycles. The summed E-state index contributed by atoms with van der Waals surface area (Å²) in [5.74, 6) is -0.949. The van der Waals surface area contributed by atoms with Gasteiger partial charge in [0, 0.05) is 24.9 Å². The first-order valence-corrected chi connectivity index (χ1v) is 10.6. The van der Waals surface area contributed by atoms with Crippen LogP contribution in [0.5, 0.6) is 5.75 Å². The Morgan fingerprint density at radius 3 is 2.77 bits per heavy atom. The van der Waals surface area contributed by atoms with Crippen LogP contribution in [0, 0.1) is 0 Å². The van der Waals surface area contributed by atoms with Crippen LogP contribution in [-0.4, -0.2) is 61.2 Å². The number of rotatable bonds is 9. The van der Waals surface area contributed by atoms with Crippen LogP contribution in [0.1, 0.15) is 51.0 Å². The molecule has 0 aliphatic carbocycles. The van der Waals surface area contributed by atoms with Gasteiger partial charge in [0.05, 0.1) is 0 Å². The number of carboxylic acid groups (broad SMARTS) is 1. The SMILES string of the molecule is CCC1(c2cccc(OC(=O)NCCCC(=O)NCC(=O)O)c2)CCCCN(C)C1. The van der Waals surface area contributed by atoms with E-state index in [1.807, 2.05) is 12.1 Å². The van der Waals surface area contributed by atoms with Gasteiger partial charge in [-0.1, -0.05) is 25.5 Å². The van der Waals surface area contributed by atoms with Crippen molar-refractivity contribution in [3.8, 4) is 5.75 Å². The maximum atomic E-state index is 12.1. The molecule has 30 heavy (non-hydrogen) atoms. The largest absolute Gasteiger partial charge is 0.480 e. The average Bonchev–Trinajstić information content (AvgIpc) is 2.92. The minimum absolute atomic E-state index is 0.0599. The molecule has 166 valence electrons. The zero-order valence-electron chi connectivity index (χ0n) is 17.9. The normalized spacial score (nSPS) is 19.5. The minimum Gasteiger partial charge on any atom is -0.480 e. The lowest BCUT2D eigenvalue weighted by atomic mass is 9.74. The molecule has 0 spiro atoms. The van der Waals surface area contributed by atoms with Crippen molar-refractivity contribution in [2.75, 3.05) is 33.2 Å². The molecule has 1 fully saturated rings. The fourth-order valence-electron chi connectivity index (χ4n) is 3.98. The van der Waals surface area contributed by atoms with Gasteiger partial charge < -0.3 is 25.4 Å². The summed E-state index contributed by atoms with van der Waals surface area (Å²) in [6.07, 6.45) is 4.49. The van der Waals surface area contributed by atoms with E-state index in [0.717, 1.165) is 25.9 Å². The smallest absolute Gasteiger partial charge is 0.412 e. The quantitative estimate of drug-likeness (QED) is 0.531. The number of nitrogens with zero attached hydrogens (tertiary/aromatic N) is 1. The zero-order valence-corrected chi connectivity index (χ0v) is 17.9. The van der Waals surface area contributed by atoms with E-state index in [9.17, 15) is 14.4 Å². The number of carbonyl (C=O) groups excluding carboxylic acids is 2. The van der Waals surface area contributed by atoms with Gasteiger partial charge >= 0.3 is 12.1 Å². The maximum absolute atomic E-state index is 12.1. The van der Waals surface area contributed by atoms with Gasteiger partial charge in [0.2, 0.25) is 5.91 Å². The van der Waals surface area contributed by atoms with Gasteiger partial charge in [0.25, 0.3) is 0 Å². The van der Waals surface area contributed by atoms with Crippen molar-refractivity contribution >= 4 is 18.0 Å². The summed E-state index contributed by atoms with van der Waals surface area (Å²) in [5.41, 5.74) is 1.25. The predicted octanol–water partition coefficient (Wildman–Crippen LogP) is 2.52. The van der Waals surface area contributed by atoms with Crippen molar-refractivity contribution in [1.29, 1.82) is 0 Å². The molecule has 0 aromatic heterocycles. The van der Waals surface area contributed by atoms with E-state index in [1.54, 1.807) is 6.07 Å². The molecule has 0 radical (unpaired) electrons. The van der Waals surface area contributed by atoms with E-state index >= 15 is 0 Å². The third-order valence-corrected chi connectivity index (χ3v) is 5.64. The molecular formula is C22H33N3O5. The molecule has 0 bridgehead atoms. The van der Waals surface area contributed by atoms with Crippen LogP contribution in [0.15, 0.2) is 24.3 Å². The Hall–Kier alpha value is -2.61. The molecule has 3 N–H and O–H groups in total. The molecule has 1 aliphatic rings. The molecule has 1 unspecified atom stereocenters. The fraction of sp³-hybridized carbons (Fsp3) is 0.591. The van der Waals surface area contributed by atoms with E-state index in [-0.39, 0.29) is 24.3 Å². The molecule has 1 aliphatic heterocycles. The van der Waals surface area contributed by atoms with Crippen molar-refractivity contribution < 1.29 is 24.2 Å². The van der Waals surface area contributed by atoms with Gasteiger partial charge in [0.15, 0.2) is 0 Å². The van der Waals surface area contributed by atoms with Crippen LogP contribution in [0.3, 0.4) is 0 Å². The topological polar surface area (TPSA) is 108 Å². The molecule has 8 nitrogen and oxygen atoms in total. The molecule has 1 saturated heterocycles. The molecule has 2 amide bonds. The lowest BCUT2D eigenvalue weighted by Crippen LogP contribution is -2.37. The summed E-state index contributed by atoms with van der Waals surface area (Å²) in [6.45, 7) is 4.17. The van der Waals surface area contributed by atoms with Crippen molar-refractivity contribution in [1.82, 2.24) is 15.5 Å². The van der Waals surface area contributed by atoms with Crippen LogP contribution in [0.4, 0.5) is 4.79 Å². The van der Waals surface area contributed by atoms with Gasteiger partial charge in [-0.2, -0.15) is 0 Å². The number of hydrogen-bond acceptors (Lipinski definition) is 5. The number of carbonyl (C=O) groups is 3. The fourth-order valence-corrected chi connectivity index (χ4v) is 3.98. The summed E-state index contributed by atoms with van der Waals surface area (Å²) in [5, 5.41) is 13.4. The van der Waals surface area contributed by atoms with Gasteiger partial charge in [-0.05, 0) is 57.0 Å². The number of aliphatic carboxylic acids is 1. The summed E-state index contributed by atoms with van der Waals surface area (Å²) < 4.78 is 5.44. The first-order valence-electron chi connectivity index (χ1n) is 10.6. The summed E-state index contributed by atoms with van der Waals surface area (Å²) in [7, 11) is 2.16. The van der Waals surface area contributed by atoms with Gasteiger partial charge in [-0.15, -0.1) is 0 Å². The number of carboxylic acids is 1. The summed E-state index contributed by atoms with van der Waals surface area (Å²) in [6, 6.07) is 7.77. The molecule has 1 aromatic rings. The first-order chi connectivity index (χ1) is 14.3. The highest BCUT2D eigenvalue weighted by Gasteiger charge is 2.33. The number of likely N-dealkylation sites (N-methyl/N-ethyl adjacent to an activating group) is 1. The number of nitrogens with one attached hydrogen (secondary N) is 2. The van der Waals surface area contributed by atoms with Gasteiger partial charge in [-0.25, -0.2) is 4.79 Å². The van der Waals surface area contributed by atoms with Crippen LogP contribution >= 0.6 is 0 Å². The highest BCUT2D eigenvalue weighted by atomic mass is 16.6. The molecule has 1 atom stereocenters. The van der Waals surface area contributed by atoms with E-state index in [4.69, 9.17) is 9.84 Å². The Morgan fingerprint density at radius 1 is 1.23 bits per heavy atom. The highest BCUT2D eigenvalue weighted by molar-refractivity contribution is 5.81. The minimum atomic E-state index is -1.09. The number of benzene rings is 1. The van der Waals surface area contributed by atoms with Crippen LogP contribution in [0.2, 0.25) is 0 Å². The number of ether oxygens (including phenoxy) is 1. The number of amides is 2. The van der Waals surface area contributed by atoms with Crippen molar-refractivity contribution in [3.05, 3.63) is 29.8 Å². The average molecular weight is 420 g/mol. The van der Waals surface area contributed by atoms with Crippen molar-refractivity contribution in [2.45, 2.75) is 50.9 Å². The molecule has 8 heteroatoms. The van der Waals surface area contributed by atoms with Gasteiger partial charge in [-0.3, -0.25) is 9.59 Å². The predicted molar refractivity (Wildman–Crippen MR) is 114 cm³/mol. The third-order valence-electron chi connectivity index (χ3n) is 5.64. The second-order valence-electron chi connectivity index (χ2n) is 7.95. The Bertz CT molecular complexity index is 739. The maximum Gasteiger partial charge on any atom is 0.412 e. The Balaban J connectivity index is 1.86. The number of likely N-dealkylation sites (tertiary alicyclic amines) is 1. The molecular weight excluding hydrogens is 386 g/mol. The first kappa shape index (κ1) is 23.7. The van der Waals surface area contributed by atoms with Gasteiger partial charge in [0.1, 0.15) is 12.3 Å². The van der Waals surface area contributed by atoms with Crippen LogP contribution in [0.25, 0.3) is 0 Å². The summed E-state index contributed by atoms with van der Waals surface area (Å²) in [4.78, 5) is 36.3. The van der Waals surface area contributed by atoms with Crippen molar-refractivity contribution in [3.63, 3.8) is 0 Å². The van der Waals surface area contributed by atoms with E-state index in [0.29, 0.717) is 12.2 Å². The Labute approximate surface area is 178 Å². The Morgan fingerprint density at radius 2 is 2.03 bits per heavy atom. The molecule has 2 rings (SSSR count). The number of hydrogen-bond donors (Lipinski definition) is 3. The highest BCUT2D eigenvalue weighted by Crippen LogP contribution is 2.37. The van der Waals surface area contributed by atoms with Crippen LogP contribution in [-0.2, 0) is 15.0 Å². The monoisotopic (exact) mass is 419 g/mol. The zero-order chi connectivity index (χ0) is 22.0. The van der Waals surface area contributed by atoms with Crippen molar-refractivity contribution in [2.24, 2.45) is 0 Å². The third kappa shape index (κ3) is 7.33. The van der Waals surface area contributed by atoms with E-state index in [1.165, 1.54) is 18.4 Å². The Kier molecular flexibility index (Phi) is 9.11. The van der Waals surface area contributed by atoms with E-state index in [2.05, 4.69) is 35.6 Å². The second-order valence-corrected chi connectivity index (χ2v) is 7.95. The van der Waals surface area contributed by atoms with Crippen LogP contribution < -0.4 is 15.4 Å².